The molecule has 13 aromatic carbocycles. The Labute approximate surface area is 519 Å². The van der Waals surface area contributed by atoms with Gasteiger partial charge in [-0.2, -0.15) is 0 Å². The molecule has 0 atom stereocenters. The Kier molecular flexibility index (Phi) is 13.1. The molecule has 2 aromatic heterocycles. The van der Waals surface area contributed by atoms with Crippen LogP contribution in [0, 0.1) is 0 Å². The van der Waals surface area contributed by atoms with Crippen molar-refractivity contribution >= 4 is 133 Å². The Morgan fingerprint density at radius 3 is 1.33 bits per heavy atom. The van der Waals surface area contributed by atoms with Crippen LogP contribution in [0.2, 0.25) is 0 Å². The molecule has 4 nitrogen and oxygen atoms in total. The van der Waals surface area contributed by atoms with Crippen molar-refractivity contribution in [3.63, 3.8) is 0 Å². The highest BCUT2D eigenvalue weighted by Gasteiger charge is 2.30. The number of allylic oxidation sites excluding steroid dienone is 1. The van der Waals surface area contributed by atoms with Crippen LogP contribution in [-0.2, 0) is 0 Å². The lowest BCUT2D eigenvalue weighted by molar-refractivity contribution is 0.442. The minimum Gasteiger partial charge on any atom is -0.454 e. The fourth-order valence-corrected chi connectivity index (χ4v) is 15.9. The summed E-state index contributed by atoms with van der Waals surface area (Å²) in [5.74, 6) is 0.888. The van der Waals surface area contributed by atoms with Crippen molar-refractivity contribution in [1.82, 2.24) is 0 Å². The molecule has 0 bridgehead atoms. The van der Waals surface area contributed by atoms with Gasteiger partial charge < -0.3 is 18.6 Å². The van der Waals surface area contributed by atoms with Gasteiger partial charge in [0.05, 0.1) is 22.7 Å². The van der Waals surface area contributed by atoms with E-state index in [4.69, 9.17) is 8.83 Å². The van der Waals surface area contributed by atoms with E-state index in [1.54, 1.807) is 0 Å². The van der Waals surface area contributed by atoms with Gasteiger partial charge in [-0.25, -0.2) is 0 Å². The molecule has 0 unspecified atom stereocenters. The summed E-state index contributed by atoms with van der Waals surface area (Å²) in [5, 5.41) is 14.2. The second-order valence-electron chi connectivity index (χ2n) is 25.0. The van der Waals surface area contributed by atoms with Gasteiger partial charge in [0.15, 0.2) is 11.2 Å². The van der Waals surface area contributed by atoms with Crippen LogP contribution < -0.4 is 9.80 Å². The number of hydrogen-bond donors (Lipinski definition) is 0. The molecule has 2 aliphatic rings. The number of hydrogen-bond acceptors (Lipinski definition) is 4. The van der Waals surface area contributed by atoms with Gasteiger partial charge in [0.2, 0.25) is 0 Å². The first kappa shape index (κ1) is 53.1. The lowest BCUT2D eigenvalue weighted by Gasteiger charge is -2.29. The summed E-state index contributed by atoms with van der Waals surface area (Å²) in [6, 6.07) is 85.6. The fourth-order valence-electron chi connectivity index (χ4n) is 15.9. The number of anilines is 6. The number of furan rings is 2. The van der Waals surface area contributed by atoms with Gasteiger partial charge in [-0.05, 0) is 182 Å². The third kappa shape index (κ3) is 8.78. The summed E-state index contributed by atoms with van der Waals surface area (Å²) >= 11 is 0. The van der Waals surface area contributed by atoms with Crippen molar-refractivity contribution in [1.29, 1.82) is 0 Å². The Morgan fingerprint density at radius 1 is 0.360 bits per heavy atom. The molecule has 0 spiro atoms. The summed E-state index contributed by atoms with van der Waals surface area (Å²) in [6.45, 7) is 6.55. The van der Waals surface area contributed by atoms with E-state index in [1.807, 2.05) is 6.08 Å². The molecule has 430 valence electrons. The summed E-state index contributed by atoms with van der Waals surface area (Å²) in [5.41, 5.74) is 19.7. The molecular formula is C85H68N2O2. The quantitative estimate of drug-likeness (QED) is 0.114. The van der Waals surface area contributed by atoms with E-state index >= 15 is 0 Å². The summed E-state index contributed by atoms with van der Waals surface area (Å²) in [7, 11) is 0. The van der Waals surface area contributed by atoms with E-state index in [1.165, 1.54) is 141 Å². The van der Waals surface area contributed by atoms with Crippen LogP contribution in [0.1, 0.15) is 105 Å². The van der Waals surface area contributed by atoms with Crippen molar-refractivity contribution in [2.24, 2.45) is 0 Å². The Morgan fingerprint density at radius 2 is 0.809 bits per heavy atom. The maximum Gasteiger partial charge on any atom is 0.159 e. The number of fused-ring (bicyclic) bond motifs is 8. The smallest absolute Gasteiger partial charge is 0.159 e. The van der Waals surface area contributed by atoms with Gasteiger partial charge in [-0.15, -0.1) is 0 Å². The van der Waals surface area contributed by atoms with Gasteiger partial charge in [-0.3, -0.25) is 0 Å². The maximum absolute atomic E-state index is 7.53. The van der Waals surface area contributed by atoms with Crippen LogP contribution in [0.5, 0.6) is 0 Å². The summed E-state index contributed by atoms with van der Waals surface area (Å²) in [4.78, 5) is 4.93. The first-order chi connectivity index (χ1) is 44.1. The van der Waals surface area contributed by atoms with Gasteiger partial charge in [0, 0.05) is 43.7 Å². The zero-order chi connectivity index (χ0) is 59.1. The Balaban J connectivity index is 0.903. The molecule has 17 rings (SSSR count). The van der Waals surface area contributed by atoms with E-state index in [2.05, 4.69) is 266 Å². The van der Waals surface area contributed by atoms with Gasteiger partial charge in [0.25, 0.3) is 0 Å². The number of nitrogens with zero attached hydrogens (tertiary/aromatic N) is 2. The van der Waals surface area contributed by atoms with Crippen molar-refractivity contribution in [2.75, 3.05) is 9.80 Å². The molecule has 15 aromatic rings. The first-order valence-electron chi connectivity index (χ1n) is 32.3. The van der Waals surface area contributed by atoms with Crippen LogP contribution in [0.3, 0.4) is 0 Å². The highest BCUT2D eigenvalue weighted by atomic mass is 16.3. The number of benzene rings is 13. The van der Waals surface area contributed by atoms with Crippen LogP contribution >= 0.6 is 0 Å². The van der Waals surface area contributed by atoms with Crippen molar-refractivity contribution in [3.8, 4) is 22.3 Å². The molecule has 0 radical (unpaired) electrons. The average Bonchev–Trinajstić information content (AvgIpc) is 1.72. The van der Waals surface area contributed by atoms with Crippen molar-refractivity contribution in [2.45, 2.75) is 83.0 Å². The molecule has 0 saturated heterocycles. The topological polar surface area (TPSA) is 32.8 Å². The zero-order valence-electron chi connectivity index (χ0n) is 50.3. The predicted molar refractivity (Wildman–Crippen MR) is 379 cm³/mol. The average molecular weight is 1150 g/mol. The molecule has 0 N–H and O–H groups in total. The van der Waals surface area contributed by atoms with E-state index in [9.17, 15) is 0 Å². The molecule has 4 heteroatoms. The van der Waals surface area contributed by atoms with Gasteiger partial charge >= 0.3 is 0 Å². The highest BCUT2D eigenvalue weighted by Crippen LogP contribution is 2.53. The number of para-hydroxylation sites is 2. The second-order valence-corrected chi connectivity index (χ2v) is 25.0. The molecular weight excluding hydrogens is 1080 g/mol. The molecule has 2 saturated carbocycles. The van der Waals surface area contributed by atoms with Crippen LogP contribution in [0.25, 0.3) is 121 Å². The molecule has 2 heterocycles. The van der Waals surface area contributed by atoms with Crippen molar-refractivity contribution < 1.29 is 8.83 Å². The van der Waals surface area contributed by atoms with Crippen molar-refractivity contribution in [3.05, 3.63) is 265 Å². The molecule has 2 aliphatic carbocycles. The summed E-state index contributed by atoms with van der Waals surface area (Å²) in [6.07, 6.45) is 18.7. The number of rotatable bonds is 12. The predicted octanol–water partition coefficient (Wildman–Crippen LogP) is 25.6. The van der Waals surface area contributed by atoms with E-state index in [-0.39, 0.29) is 0 Å². The molecule has 89 heavy (non-hydrogen) atoms. The minimum atomic E-state index is 0.429. The second kappa shape index (κ2) is 21.9. The summed E-state index contributed by atoms with van der Waals surface area (Å²) < 4.78 is 15.1. The van der Waals surface area contributed by atoms with E-state index in [0.29, 0.717) is 11.8 Å². The first-order valence-corrected chi connectivity index (χ1v) is 32.3. The largest absolute Gasteiger partial charge is 0.454 e. The molecule has 2 fully saturated rings. The Hall–Kier alpha value is -10.2. The fraction of sp³-hybridized carbons (Fsp3) is 0.153. The third-order valence-electron chi connectivity index (χ3n) is 20.0. The van der Waals surface area contributed by atoms with Crippen LogP contribution in [0.15, 0.2) is 252 Å². The highest BCUT2D eigenvalue weighted by molar-refractivity contribution is 6.29. The molecule has 0 amide bonds. The standard InChI is InChI=1S/C85H68N2O2/c1-3-21-62-52-72(58-26-13-7-14-27-58)84-80(66(62)4-2)70-32-19-34-76(82(70)88-84)86(64-44-36-56(37-45-64)54-22-9-5-10-23-54)74-50-42-60-41-49-69-75(51-43-61-40-48-68(74)78(60)79(61)69)87(65-46-38-57(39-47-65)55-24-11-6-12-25-55)77-35-20-33-71-81-67-31-18-17-30-63(67)53-73(85(81)89-83(71)77)59-28-15-8-16-29-59/h3-6,9-12,17-25,30-53,58-59H,2,7-8,13-16,26-29H2,1H3/b21-3-. The third-order valence-corrected chi connectivity index (χ3v) is 20.0. The Bertz CT molecular complexity index is 5230. The van der Waals surface area contributed by atoms with Crippen LogP contribution in [-0.4, -0.2) is 0 Å². The minimum absolute atomic E-state index is 0.429. The van der Waals surface area contributed by atoms with E-state index < -0.39 is 0 Å². The lowest BCUT2D eigenvalue weighted by Crippen LogP contribution is -2.12. The molecule has 0 aliphatic heterocycles. The zero-order valence-corrected chi connectivity index (χ0v) is 50.3. The normalized spacial score (nSPS) is 14.5. The monoisotopic (exact) mass is 1150 g/mol. The maximum atomic E-state index is 7.53. The van der Waals surface area contributed by atoms with Gasteiger partial charge in [0.1, 0.15) is 11.2 Å². The van der Waals surface area contributed by atoms with Gasteiger partial charge in [-0.1, -0.05) is 233 Å². The SMILES string of the molecule is C=Cc1c(/C=C\C)cc(C2CCCCC2)c2oc3c(N(c4ccc(-c5ccccc5)cc4)c4ccc5ccc6c(N(c7ccc(-c8ccccc8)cc7)c7cccc8c7oc7c(C9CCCCC9)cc9ccccc9c78)ccc7ccc4c5c76)cccc3c12. The lowest BCUT2D eigenvalue weighted by atomic mass is 9.81. The van der Waals surface area contributed by atoms with Crippen LogP contribution in [0.4, 0.5) is 34.1 Å². The van der Waals surface area contributed by atoms with E-state index in [0.717, 1.165) is 89.0 Å².